The van der Waals surface area contributed by atoms with E-state index in [1.807, 2.05) is 42.5 Å². The van der Waals surface area contributed by atoms with Gasteiger partial charge in [-0.05, 0) is 65.3 Å². The number of halogens is 1. The van der Waals surface area contributed by atoms with E-state index in [-0.39, 0.29) is 0 Å². The highest BCUT2D eigenvalue weighted by Gasteiger charge is 2.21. The number of fused-ring (bicyclic) bond motifs is 2. The second kappa shape index (κ2) is 12.1. The molecular formula is C32H23ClO6S. The van der Waals surface area contributed by atoms with E-state index in [2.05, 4.69) is 78.9 Å². The molecule has 0 saturated heterocycles. The van der Waals surface area contributed by atoms with Crippen molar-refractivity contribution in [1.82, 2.24) is 0 Å². The summed E-state index contributed by atoms with van der Waals surface area (Å²) in [5.74, 6) is 1.72. The van der Waals surface area contributed by atoms with Crippen LogP contribution in [0.2, 0.25) is 0 Å². The van der Waals surface area contributed by atoms with Gasteiger partial charge in [0.25, 0.3) is 0 Å². The third-order valence-electron chi connectivity index (χ3n) is 6.15. The number of hydrogen-bond acceptors (Lipinski definition) is 6. The van der Waals surface area contributed by atoms with Crippen molar-refractivity contribution < 1.29 is 38.0 Å². The van der Waals surface area contributed by atoms with Crippen molar-refractivity contribution in [3.05, 3.63) is 137 Å². The Kier molecular flexibility index (Phi) is 8.32. The molecule has 200 valence electrons. The minimum atomic E-state index is -4.94. The Bertz CT molecular complexity index is 1690. The van der Waals surface area contributed by atoms with Crippen molar-refractivity contribution in [2.75, 3.05) is 7.11 Å². The zero-order chi connectivity index (χ0) is 28.1. The van der Waals surface area contributed by atoms with Gasteiger partial charge in [0.1, 0.15) is 5.75 Å². The quantitative estimate of drug-likeness (QED) is 0.297. The summed E-state index contributed by atoms with van der Waals surface area (Å²) in [6, 6.07) is 37.5. The Morgan fingerprint density at radius 1 is 0.750 bits per heavy atom. The average molecular weight is 571 g/mol. The summed E-state index contributed by atoms with van der Waals surface area (Å²) in [7, 11) is -3.25. The fourth-order valence-corrected chi connectivity index (χ4v) is 5.46. The number of methoxy groups -OCH3 is 1. The summed E-state index contributed by atoms with van der Waals surface area (Å²) in [6.45, 7) is 0. The van der Waals surface area contributed by atoms with Crippen LogP contribution < -0.4 is 23.4 Å². The molecule has 40 heavy (non-hydrogen) atoms. The van der Waals surface area contributed by atoms with Crippen molar-refractivity contribution in [2.45, 2.75) is 4.90 Å². The maximum Gasteiger partial charge on any atom is 0.361 e. The van der Waals surface area contributed by atoms with Crippen molar-refractivity contribution in [2.24, 2.45) is 0 Å². The van der Waals surface area contributed by atoms with E-state index in [0.29, 0.717) is 0 Å². The van der Waals surface area contributed by atoms with Crippen LogP contribution in [0.4, 0.5) is 0 Å². The lowest BCUT2D eigenvalue weighted by Gasteiger charge is -2.20. The molecule has 5 aromatic rings. The molecule has 0 aliphatic carbocycles. The van der Waals surface area contributed by atoms with Crippen LogP contribution in [0.25, 0.3) is 33.9 Å². The molecule has 0 N–H and O–H groups in total. The number of hydrogen-bond donors (Lipinski definition) is 0. The minimum Gasteiger partial charge on any atom is -0.497 e. The molecule has 4 aromatic carbocycles. The topological polar surface area (TPSA) is 113 Å². The van der Waals surface area contributed by atoms with E-state index >= 15 is 0 Å². The molecule has 1 aromatic heterocycles. The van der Waals surface area contributed by atoms with E-state index in [1.54, 1.807) is 18.9 Å². The van der Waals surface area contributed by atoms with Crippen molar-refractivity contribution in [3.63, 3.8) is 0 Å². The SMILES string of the molecule is COc1ccc(C2=CC(=Cc3cc(-c4ccccc4)[o+]c4ccccc34)Sc3ccccc32)cc1.[O-][Cl+3]([O-])([O-])[O-]. The lowest BCUT2D eigenvalue weighted by Crippen LogP contribution is -2.68. The van der Waals surface area contributed by atoms with Gasteiger partial charge in [-0.15, -0.1) is 10.2 Å². The standard InChI is InChI=1S/C32H23O2S.ClHO4/c1-33-25-17-15-22(16-18-25)29-21-26(35-32-14-8-6-12-28(29)32)19-24-20-31(23-9-3-2-4-10-23)34-30-13-7-5-11-27(24)30;2-1(3,4)5/h2-21H,1H3;(H,2,3,4,5)/q+1;/p-1. The third-order valence-corrected chi connectivity index (χ3v) is 7.20. The first-order chi connectivity index (χ1) is 19.3. The van der Waals surface area contributed by atoms with E-state index in [4.69, 9.17) is 27.8 Å². The van der Waals surface area contributed by atoms with Crippen LogP contribution in [-0.2, 0) is 0 Å². The van der Waals surface area contributed by atoms with Crippen molar-refractivity contribution in [1.29, 1.82) is 0 Å². The fraction of sp³-hybridized carbons (Fsp3) is 0.0312. The average Bonchev–Trinajstić information content (AvgIpc) is 2.96. The molecule has 0 bridgehead atoms. The van der Waals surface area contributed by atoms with Crippen LogP contribution in [0.15, 0.2) is 129 Å². The molecule has 1 aliphatic rings. The Labute approximate surface area is 237 Å². The molecule has 0 radical (unpaired) electrons. The maximum atomic E-state index is 8.49. The molecule has 8 heteroatoms. The molecule has 6 rings (SSSR count). The molecule has 1 aliphatic heterocycles. The molecule has 6 nitrogen and oxygen atoms in total. The summed E-state index contributed by atoms with van der Waals surface area (Å²) in [5, 5.41) is 1.10. The van der Waals surface area contributed by atoms with Crippen LogP contribution in [0.3, 0.4) is 0 Å². The van der Waals surface area contributed by atoms with Gasteiger partial charge in [0.05, 0.1) is 24.1 Å². The zero-order valence-electron chi connectivity index (χ0n) is 21.3. The molecule has 0 saturated carbocycles. The van der Waals surface area contributed by atoms with Gasteiger partial charge in [-0.1, -0.05) is 72.4 Å². The first-order valence-corrected chi connectivity index (χ1v) is 14.2. The van der Waals surface area contributed by atoms with Crippen LogP contribution in [-0.4, -0.2) is 7.11 Å². The zero-order valence-corrected chi connectivity index (χ0v) is 22.9. The van der Waals surface area contributed by atoms with Gasteiger partial charge in [0.15, 0.2) is 0 Å². The lowest BCUT2D eigenvalue weighted by molar-refractivity contribution is -2.00. The van der Waals surface area contributed by atoms with Gasteiger partial charge in [-0.2, -0.15) is 0 Å². The minimum absolute atomic E-state index is 0.858. The summed E-state index contributed by atoms with van der Waals surface area (Å²) < 4.78 is 45.6. The Morgan fingerprint density at radius 2 is 1.40 bits per heavy atom. The molecule has 0 spiro atoms. The number of allylic oxidation sites excluding steroid dienone is 1. The summed E-state index contributed by atoms with van der Waals surface area (Å²) >= 11 is 1.80. The predicted octanol–water partition coefficient (Wildman–Crippen LogP) is 4.21. The van der Waals surface area contributed by atoms with Gasteiger partial charge in [0, 0.05) is 21.4 Å². The monoisotopic (exact) mass is 570 g/mol. The molecule has 0 atom stereocenters. The van der Waals surface area contributed by atoms with Crippen LogP contribution in [0.5, 0.6) is 5.75 Å². The molecule has 0 fully saturated rings. The summed E-state index contributed by atoms with van der Waals surface area (Å²) in [6.07, 6.45) is 4.56. The van der Waals surface area contributed by atoms with Crippen LogP contribution >= 0.6 is 11.8 Å². The number of thioether (sulfide) groups is 1. The Hall–Kier alpha value is -3.95. The lowest BCUT2D eigenvalue weighted by atomic mass is 9.96. The number of rotatable bonds is 4. The fourth-order valence-electron chi connectivity index (χ4n) is 4.41. The molecule has 0 amide bonds. The molecule has 0 unspecified atom stereocenters. The van der Waals surface area contributed by atoms with Crippen molar-refractivity contribution in [3.8, 4) is 17.1 Å². The normalized spacial score (nSPS) is 13.7. The highest BCUT2D eigenvalue weighted by molar-refractivity contribution is 8.03. The van der Waals surface area contributed by atoms with E-state index in [9.17, 15) is 0 Å². The van der Waals surface area contributed by atoms with Crippen molar-refractivity contribution >= 4 is 34.4 Å². The Morgan fingerprint density at radius 3 is 2.12 bits per heavy atom. The number of benzene rings is 4. The van der Waals surface area contributed by atoms with Gasteiger partial charge in [0.2, 0.25) is 0 Å². The third kappa shape index (κ3) is 6.78. The van der Waals surface area contributed by atoms with Crippen LogP contribution in [0.1, 0.15) is 16.7 Å². The predicted molar refractivity (Wildman–Crippen MR) is 146 cm³/mol. The summed E-state index contributed by atoms with van der Waals surface area (Å²) in [4.78, 5) is 2.44. The van der Waals surface area contributed by atoms with Gasteiger partial charge in [-0.3, -0.25) is 0 Å². The highest BCUT2D eigenvalue weighted by atomic mass is 35.7. The smallest absolute Gasteiger partial charge is 0.361 e. The summed E-state index contributed by atoms with van der Waals surface area (Å²) in [5.41, 5.74) is 6.70. The number of ether oxygens (including phenoxy) is 1. The van der Waals surface area contributed by atoms with E-state index < -0.39 is 10.2 Å². The number of para-hydroxylation sites is 1. The highest BCUT2D eigenvalue weighted by Crippen LogP contribution is 2.44. The molecular weight excluding hydrogens is 548 g/mol. The van der Waals surface area contributed by atoms with Gasteiger partial charge >= 0.3 is 11.3 Å². The van der Waals surface area contributed by atoms with Gasteiger partial charge in [-0.25, -0.2) is 23.1 Å². The second-order valence-electron chi connectivity index (χ2n) is 8.74. The van der Waals surface area contributed by atoms with E-state index in [1.165, 1.54) is 26.5 Å². The van der Waals surface area contributed by atoms with E-state index in [0.717, 1.165) is 33.6 Å². The second-order valence-corrected chi connectivity index (χ2v) is 10.6. The molecule has 2 heterocycles. The first-order valence-electron chi connectivity index (χ1n) is 12.2. The first kappa shape index (κ1) is 27.6. The van der Waals surface area contributed by atoms with Gasteiger partial charge < -0.3 is 4.74 Å². The maximum absolute atomic E-state index is 8.49. The Balaban J connectivity index is 0.000000595. The largest absolute Gasteiger partial charge is 0.497 e. The van der Waals surface area contributed by atoms with Crippen LogP contribution in [0, 0.1) is 10.2 Å².